The molecular weight excluding hydrogens is 274 g/mol. The van der Waals surface area contributed by atoms with Crippen molar-refractivity contribution in [1.82, 2.24) is 0 Å². The number of halogens is 1. The Morgan fingerprint density at radius 3 is 2.78 bits per heavy atom. The van der Waals surface area contributed by atoms with E-state index in [1.165, 1.54) is 16.4 Å². The second-order valence-electron chi connectivity index (χ2n) is 4.38. The molecule has 2 heterocycles. The second-order valence-corrected chi connectivity index (χ2v) is 6.79. The van der Waals surface area contributed by atoms with Crippen molar-refractivity contribution in [2.45, 2.75) is 16.7 Å². The van der Waals surface area contributed by atoms with Crippen LogP contribution in [0.2, 0.25) is 0 Å². The van der Waals surface area contributed by atoms with Crippen LogP contribution >= 0.6 is 11.6 Å². The molecule has 1 aromatic carbocycles. The maximum Gasteiger partial charge on any atom is 0.228 e. The number of hydrogen-bond donors (Lipinski definition) is 0. The average molecular weight is 284 g/mol. The van der Waals surface area contributed by atoms with Crippen molar-refractivity contribution in [3.8, 4) is 0 Å². The molecule has 94 valence electrons. The first-order valence-electron chi connectivity index (χ1n) is 5.49. The quantitative estimate of drug-likeness (QED) is 0.739. The molecule has 0 aromatic heterocycles. The molecule has 1 aromatic rings. The number of carbonyl (C=O) groups excluding carboxylic acids is 1. The van der Waals surface area contributed by atoms with E-state index < -0.39 is 9.84 Å². The molecule has 6 heteroatoms. The van der Waals surface area contributed by atoms with Crippen LogP contribution in [0, 0.1) is 0 Å². The smallest absolute Gasteiger partial charge is 0.228 e. The minimum absolute atomic E-state index is 0.0710. The van der Waals surface area contributed by atoms with Crippen molar-refractivity contribution in [1.29, 1.82) is 0 Å². The number of benzene rings is 1. The molecule has 0 bridgehead atoms. The Balaban J connectivity index is 2.05. The Kier molecular flexibility index (Phi) is 2.50. The summed E-state index contributed by atoms with van der Waals surface area (Å²) in [6.07, 6.45) is 1.86. The molecular formula is C12H10ClNO3S. The van der Waals surface area contributed by atoms with Gasteiger partial charge < -0.3 is 4.90 Å². The summed E-state index contributed by atoms with van der Waals surface area (Å²) in [6, 6.07) is 4.99. The van der Waals surface area contributed by atoms with Crippen molar-refractivity contribution < 1.29 is 13.2 Å². The number of amides is 1. The summed E-state index contributed by atoms with van der Waals surface area (Å²) in [6.45, 7) is 0.423. The van der Waals surface area contributed by atoms with Crippen LogP contribution in [0.3, 0.4) is 0 Å². The molecule has 1 atom stereocenters. The zero-order valence-electron chi connectivity index (χ0n) is 9.34. The standard InChI is InChI=1S/C12H10ClNO3S/c13-9-5-12(15)14(7-9)10-2-1-8-3-4-18(16,17)11(8)6-10/h1-4,6,9H,5,7H2. The number of sulfone groups is 1. The molecule has 1 saturated heterocycles. The average Bonchev–Trinajstić information content (AvgIpc) is 2.79. The van der Waals surface area contributed by atoms with E-state index >= 15 is 0 Å². The first kappa shape index (κ1) is 11.7. The second kappa shape index (κ2) is 3.83. The summed E-state index contributed by atoms with van der Waals surface area (Å²) in [7, 11) is -3.34. The van der Waals surface area contributed by atoms with Crippen LogP contribution in [-0.2, 0) is 14.6 Å². The van der Waals surface area contributed by atoms with Crippen molar-refractivity contribution in [2.24, 2.45) is 0 Å². The van der Waals surface area contributed by atoms with Gasteiger partial charge >= 0.3 is 0 Å². The molecule has 2 aliphatic heterocycles. The lowest BCUT2D eigenvalue weighted by atomic mass is 10.2. The number of carbonyl (C=O) groups is 1. The van der Waals surface area contributed by atoms with Gasteiger partial charge in [-0.25, -0.2) is 8.42 Å². The topological polar surface area (TPSA) is 54.5 Å². The predicted molar refractivity (Wildman–Crippen MR) is 69.3 cm³/mol. The molecule has 0 N–H and O–H groups in total. The van der Waals surface area contributed by atoms with Crippen LogP contribution in [0.25, 0.3) is 6.08 Å². The molecule has 0 spiro atoms. The van der Waals surface area contributed by atoms with E-state index in [0.29, 0.717) is 24.2 Å². The molecule has 18 heavy (non-hydrogen) atoms. The van der Waals surface area contributed by atoms with E-state index in [4.69, 9.17) is 11.6 Å². The fourth-order valence-corrected chi connectivity index (χ4v) is 3.72. The summed E-state index contributed by atoms with van der Waals surface area (Å²) < 4.78 is 23.5. The molecule has 1 amide bonds. The van der Waals surface area contributed by atoms with Crippen LogP contribution in [-0.4, -0.2) is 26.2 Å². The van der Waals surface area contributed by atoms with Crippen LogP contribution in [0.15, 0.2) is 28.5 Å². The Morgan fingerprint density at radius 1 is 1.33 bits per heavy atom. The third-order valence-electron chi connectivity index (χ3n) is 3.12. The summed E-state index contributed by atoms with van der Waals surface area (Å²) in [4.78, 5) is 13.5. The zero-order valence-corrected chi connectivity index (χ0v) is 10.9. The van der Waals surface area contributed by atoms with Crippen molar-refractivity contribution in [3.63, 3.8) is 0 Å². The Hall–Kier alpha value is -1.33. The molecule has 2 aliphatic rings. The zero-order chi connectivity index (χ0) is 12.9. The van der Waals surface area contributed by atoms with Crippen LogP contribution in [0.1, 0.15) is 12.0 Å². The van der Waals surface area contributed by atoms with E-state index in [0.717, 1.165) is 0 Å². The lowest BCUT2D eigenvalue weighted by Gasteiger charge is -2.16. The third-order valence-corrected chi connectivity index (χ3v) is 4.87. The van der Waals surface area contributed by atoms with Gasteiger partial charge in [0.2, 0.25) is 15.7 Å². The van der Waals surface area contributed by atoms with E-state index in [1.54, 1.807) is 18.2 Å². The largest absolute Gasteiger partial charge is 0.311 e. The van der Waals surface area contributed by atoms with Gasteiger partial charge in [-0.15, -0.1) is 11.6 Å². The molecule has 4 nitrogen and oxygen atoms in total. The highest BCUT2D eigenvalue weighted by Crippen LogP contribution is 2.32. The van der Waals surface area contributed by atoms with Crippen molar-refractivity contribution in [3.05, 3.63) is 29.2 Å². The third kappa shape index (κ3) is 1.74. The van der Waals surface area contributed by atoms with Gasteiger partial charge in [0.1, 0.15) is 0 Å². The normalized spacial score (nSPS) is 24.6. The van der Waals surface area contributed by atoms with Gasteiger partial charge in [0.05, 0.1) is 10.3 Å². The van der Waals surface area contributed by atoms with Gasteiger partial charge in [-0.2, -0.15) is 0 Å². The first-order valence-corrected chi connectivity index (χ1v) is 7.47. The van der Waals surface area contributed by atoms with E-state index in [1.807, 2.05) is 0 Å². The lowest BCUT2D eigenvalue weighted by molar-refractivity contribution is -0.117. The fraction of sp³-hybridized carbons (Fsp3) is 0.250. The first-order chi connectivity index (χ1) is 8.47. The molecule has 1 unspecified atom stereocenters. The van der Waals surface area contributed by atoms with E-state index in [2.05, 4.69) is 0 Å². The predicted octanol–water partition coefficient (Wildman–Crippen LogP) is 1.79. The number of alkyl halides is 1. The highest BCUT2D eigenvalue weighted by Gasteiger charge is 2.30. The maximum absolute atomic E-state index is 11.7. The molecule has 0 radical (unpaired) electrons. The van der Waals surface area contributed by atoms with E-state index in [9.17, 15) is 13.2 Å². The summed E-state index contributed by atoms with van der Waals surface area (Å²) >= 11 is 5.93. The van der Waals surface area contributed by atoms with Gasteiger partial charge in [-0.1, -0.05) is 6.07 Å². The van der Waals surface area contributed by atoms with Crippen LogP contribution in [0.4, 0.5) is 5.69 Å². The van der Waals surface area contributed by atoms with E-state index in [-0.39, 0.29) is 16.2 Å². The monoisotopic (exact) mass is 283 g/mol. The van der Waals surface area contributed by atoms with Crippen molar-refractivity contribution >= 4 is 39.1 Å². The van der Waals surface area contributed by atoms with Crippen LogP contribution < -0.4 is 4.90 Å². The Labute approximate surface area is 110 Å². The highest BCUT2D eigenvalue weighted by molar-refractivity contribution is 7.94. The highest BCUT2D eigenvalue weighted by atomic mass is 35.5. The molecule has 0 aliphatic carbocycles. The van der Waals surface area contributed by atoms with Crippen LogP contribution in [0.5, 0.6) is 0 Å². The molecule has 1 fully saturated rings. The van der Waals surface area contributed by atoms with Gasteiger partial charge in [-0.3, -0.25) is 4.79 Å². The maximum atomic E-state index is 11.7. The number of rotatable bonds is 1. The summed E-state index contributed by atoms with van der Waals surface area (Å²) in [5.74, 6) is -0.0710. The van der Waals surface area contributed by atoms with Gasteiger partial charge in [-0.05, 0) is 23.8 Å². The molecule has 0 saturated carbocycles. The fourth-order valence-electron chi connectivity index (χ4n) is 2.22. The van der Waals surface area contributed by atoms with Crippen molar-refractivity contribution in [2.75, 3.05) is 11.4 Å². The number of hydrogen-bond acceptors (Lipinski definition) is 3. The SMILES string of the molecule is O=C1CC(Cl)CN1c1ccc2c(c1)S(=O)(=O)C=C2. The summed E-state index contributed by atoms with van der Waals surface area (Å²) in [5.41, 5.74) is 1.25. The van der Waals surface area contributed by atoms with Gasteiger partial charge in [0, 0.05) is 24.1 Å². The number of nitrogens with zero attached hydrogens (tertiary/aromatic N) is 1. The number of anilines is 1. The Bertz CT molecular complexity index is 666. The lowest BCUT2D eigenvalue weighted by Crippen LogP contribution is -2.24. The number of fused-ring (bicyclic) bond motifs is 1. The molecule has 3 rings (SSSR count). The Morgan fingerprint density at radius 2 is 2.11 bits per heavy atom. The summed E-state index contributed by atoms with van der Waals surface area (Å²) in [5, 5.41) is 0.970. The van der Waals surface area contributed by atoms with Gasteiger partial charge in [0.15, 0.2) is 0 Å². The minimum Gasteiger partial charge on any atom is -0.311 e. The van der Waals surface area contributed by atoms with Gasteiger partial charge in [0.25, 0.3) is 0 Å². The minimum atomic E-state index is -3.34.